The van der Waals surface area contributed by atoms with Crippen molar-refractivity contribution in [2.45, 2.75) is 0 Å². The second kappa shape index (κ2) is 3.96. The van der Waals surface area contributed by atoms with E-state index in [1.165, 1.54) is 12.3 Å². The van der Waals surface area contributed by atoms with Crippen molar-refractivity contribution in [3.8, 4) is 0 Å². The maximum Gasteiger partial charge on any atom is 0.287 e. The van der Waals surface area contributed by atoms with Crippen LogP contribution in [0.25, 0.3) is 11.6 Å². The average molecular weight is 239 g/mol. The third-order valence-corrected chi connectivity index (χ3v) is 2.77. The van der Waals surface area contributed by atoms with Crippen LogP contribution in [0.3, 0.4) is 0 Å². The minimum absolute atomic E-state index is 0.0603. The molecule has 0 bridgehead atoms. The van der Waals surface area contributed by atoms with Crippen LogP contribution in [-0.4, -0.2) is 16.1 Å². The van der Waals surface area contributed by atoms with E-state index < -0.39 is 4.92 Å². The fourth-order valence-electron chi connectivity index (χ4n) is 1.91. The molecule has 1 aromatic heterocycles. The standard InChI is InChI=1S/C13H9N3O2/c17-16(18)11-6-10(14-8-11)5-9-7-15-13-4-2-1-3-12(9)13/h1-8,14H. The molecule has 0 fully saturated rings. The minimum Gasteiger partial charge on any atom is -0.356 e. The van der Waals surface area contributed by atoms with Crippen molar-refractivity contribution in [2.75, 3.05) is 0 Å². The SMILES string of the molecule is O=[N+]([O-])c1c[nH]c(C=C2C=Nc3ccccc32)c1. The summed E-state index contributed by atoms with van der Waals surface area (Å²) in [6, 6.07) is 9.29. The van der Waals surface area contributed by atoms with Crippen LogP contribution >= 0.6 is 0 Å². The van der Waals surface area contributed by atoms with Gasteiger partial charge in [-0.2, -0.15) is 0 Å². The van der Waals surface area contributed by atoms with Gasteiger partial charge in [0.1, 0.15) is 0 Å². The summed E-state index contributed by atoms with van der Waals surface area (Å²) in [6.45, 7) is 0. The van der Waals surface area contributed by atoms with E-state index in [0.29, 0.717) is 5.69 Å². The molecule has 0 amide bonds. The predicted molar refractivity (Wildman–Crippen MR) is 69.9 cm³/mol. The van der Waals surface area contributed by atoms with Crippen LogP contribution in [0.15, 0.2) is 41.5 Å². The van der Waals surface area contributed by atoms with E-state index in [2.05, 4.69) is 9.98 Å². The van der Waals surface area contributed by atoms with E-state index in [1.807, 2.05) is 30.3 Å². The zero-order chi connectivity index (χ0) is 12.5. The zero-order valence-electron chi connectivity index (χ0n) is 9.33. The maximum atomic E-state index is 10.6. The van der Waals surface area contributed by atoms with Crippen molar-refractivity contribution in [2.24, 2.45) is 4.99 Å². The highest BCUT2D eigenvalue weighted by atomic mass is 16.6. The first-order chi connectivity index (χ1) is 8.74. The summed E-state index contributed by atoms with van der Waals surface area (Å²) in [5.41, 5.74) is 3.66. The van der Waals surface area contributed by atoms with Crippen LogP contribution in [0, 0.1) is 10.1 Å². The number of H-pyrrole nitrogens is 1. The Morgan fingerprint density at radius 2 is 2.17 bits per heavy atom. The van der Waals surface area contributed by atoms with Gasteiger partial charge in [-0.05, 0) is 12.1 Å². The first-order valence-corrected chi connectivity index (χ1v) is 5.42. The summed E-state index contributed by atoms with van der Waals surface area (Å²) in [6.07, 6.45) is 4.99. The number of hydrogen-bond acceptors (Lipinski definition) is 3. The summed E-state index contributed by atoms with van der Waals surface area (Å²) in [5.74, 6) is 0. The third kappa shape index (κ3) is 1.71. The molecule has 0 saturated heterocycles. The molecule has 18 heavy (non-hydrogen) atoms. The van der Waals surface area contributed by atoms with Gasteiger partial charge in [-0.3, -0.25) is 15.1 Å². The van der Waals surface area contributed by atoms with E-state index in [4.69, 9.17) is 0 Å². The summed E-state index contributed by atoms with van der Waals surface area (Å²) in [4.78, 5) is 17.3. The molecule has 0 unspecified atom stereocenters. The van der Waals surface area contributed by atoms with Crippen LogP contribution in [0.1, 0.15) is 11.3 Å². The Bertz CT molecular complexity index is 683. The molecule has 0 spiro atoms. The van der Waals surface area contributed by atoms with E-state index in [-0.39, 0.29) is 5.69 Å². The molecule has 1 N–H and O–H groups in total. The van der Waals surface area contributed by atoms with Gasteiger partial charge in [0.05, 0.1) is 16.8 Å². The van der Waals surface area contributed by atoms with Gasteiger partial charge in [0.25, 0.3) is 5.69 Å². The summed E-state index contributed by atoms with van der Waals surface area (Å²) >= 11 is 0. The highest BCUT2D eigenvalue weighted by Gasteiger charge is 2.12. The van der Waals surface area contributed by atoms with E-state index >= 15 is 0 Å². The average Bonchev–Trinajstić information content (AvgIpc) is 2.98. The number of aromatic nitrogens is 1. The number of nitrogens with zero attached hydrogens (tertiary/aromatic N) is 2. The minimum atomic E-state index is -0.421. The van der Waals surface area contributed by atoms with Crippen molar-refractivity contribution in [1.29, 1.82) is 0 Å². The largest absolute Gasteiger partial charge is 0.356 e. The zero-order valence-corrected chi connectivity index (χ0v) is 9.33. The Morgan fingerprint density at radius 1 is 1.33 bits per heavy atom. The second-order valence-electron chi connectivity index (χ2n) is 3.95. The Hall–Kier alpha value is -2.69. The first kappa shape index (κ1) is 10.5. The molecule has 0 aliphatic carbocycles. The Labute approximate surface area is 103 Å². The number of aromatic amines is 1. The number of nitro groups is 1. The lowest BCUT2D eigenvalue weighted by Gasteiger charge is -1.97. The molecule has 2 aromatic rings. The molecule has 3 rings (SSSR count). The van der Waals surface area contributed by atoms with Crippen molar-refractivity contribution >= 4 is 29.2 Å². The lowest BCUT2D eigenvalue weighted by molar-refractivity contribution is -0.384. The molecule has 5 nitrogen and oxygen atoms in total. The van der Waals surface area contributed by atoms with Gasteiger partial charge in [-0.25, -0.2) is 0 Å². The number of rotatable bonds is 2. The highest BCUT2D eigenvalue weighted by Crippen LogP contribution is 2.32. The molecule has 0 atom stereocenters. The first-order valence-electron chi connectivity index (χ1n) is 5.42. The highest BCUT2D eigenvalue weighted by molar-refractivity contribution is 6.21. The summed E-state index contributed by atoms with van der Waals surface area (Å²) < 4.78 is 0. The predicted octanol–water partition coefficient (Wildman–Crippen LogP) is 3.18. The second-order valence-corrected chi connectivity index (χ2v) is 3.95. The van der Waals surface area contributed by atoms with Crippen molar-refractivity contribution in [3.05, 3.63) is 57.9 Å². The fourth-order valence-corrected chi connectivity index (χ4v) is 1.91. The molecule has 1 aliphatic rings. The van der Waals surface area contributed by atoms with Gasteiger partial charge in [-0.15, -0.1) is 0 Å². The number of aliphatic imine (C=N–C) groups is 1. The van der Waals surface area contributed by atoms with Crippen LogP contribution in [-0.2, 0) is 0 Å². The molecule has 1 aliphatic heterocycles. The number of benzene rings is 1. The van der Waals surface area contributed by atoms with Crippen LogP contribution in [0.5, 0.6) is 0 Å². The Balaban J connectivity index is 1.99. The maximum absolute atomic E-state index is 10.6. The molecule has 88 valence electrons. The van der Waals surface area contributed by atoms with Crippen molar-refractivity contribution < 1.29 is 4.92 Å². The molecular formula is C13H9N3O2. The van der Waals surface area contributed by atoms with E-state index in [1.54, 1.807) is 6.21 Å². The molecule has 5 heteroatoms. The fraction of sp³-hybridized carbons (Fsp3) is 0. The molecule has 2 heterocycles. The van der Waals surface area contributed by atoms with Crippen molar-refractivity contribution in [3.63, 3.8) is 0 Å². The lowest BCUT2D eigenvalue weighted by Crippen LogP contribution is -1.82. The number of hydrogen-bond donors (Lipinski definition) is 1. The van der Waals surface area contributed by atoms with Gasteiger partial charge < -0.3 is 4.98 Å². The Morgan fingerprint density at radius 3 is 2.94 bits per heavy atom. The van der Waals surface area contributed by atoms with Gasteiger partial charge in [0.15, 0.2) is 0 Å². The monoisotopic (exact) mass is 239 g/mol. The van der Waals surface area contributed by atoms with Gasteiger partial charge >= 0.3 is 0 Å². The lowest BCUT2D eigenvalue weighted by atomic mass is 10.1. The van der Waals surface area contributed by atoms with Crippen LogP contribution in [0.2, 0.25) is 0 Å². The van der Waals surface area contributed by atoms with Gasteiger partial charge in [0, 0.05) is 29.1 Å². The smallest absolute Gasteiger partial charge is 0.287 e. The number of nitrogens with one attached hydrogen (secondary N) is 1. The van der Waals surface area contributed by atoms with Crippen molar-refractivity contribution in [1.82, 2.24) is 4.98 Å². The normalized spacial score (nSPS) is 15.0. The third-order valence-electron chi connectivity index (χ3n) is 2.77. The van der Waals surface area contributed by atoms with Crippen LogP contribution in [0.4, 0.5) is 11.4 Å². The molecule has 0 saturated carbocycles. The van der Waals surface area contributed by atoms with E-state index in [0.717, 1.165) is 16.8 Å². The Kier molecular flexibility index (Phi) is 2.30. The number of para-hydroxylation sites is 1. The topological polar surface area (TPSA) is 71.3 Å². The van der Waals surface area contributed by atoms with Gasteiger partial charge in [0.2, 0.25) is 0 Å². The number of fused-ring (bicyclic) bond motifs is 1. The molecule has 1 aromatic carbocycles. The summed E-state index contributed by atoms with van der Waals surface area (Å²) in [5, 5.41) is 10.6. The molecular weight excluding hydrogens is 230 g/mol. The number of allylic oxidation sites excluding steroid dienone is 1. The summed E-state index contributed by atoms with van der Waals surface area (Å²) in [7, 11) is 0. The molecule has 0 radical (unpaired) electrons. The van der Waals surface area contributed by atoms with Gasteiger partial charge in [-0.1, -0.05) is 18.2 Å². The van der Waals surface area contributed by atoms with E-state index in [9.17, 15) is 10.1 Å². The van der Waals surface area contributed by atoms with Crippen LogP contribution < -0.4 is 0 Å². The quantitative estimate of drug-likeness (QED) is 0.645.